The molecule has 0 aliphatic heterocycles. The summed E-state index contributed by atoms with van der Waals surface area (Å²) in [6, 6.07) is 8.03. The van der Waals surface area contributed by atoms with Gasteiger partial charge in [0.25, 0.3) is 0 Å². The molecule has 112 valence electrons. The van der Waals surface area contributed by atoms with Crippen molar-refractivity contribution >= 4 is 39.1 Å². The summed E-state index contributed by atoms with van der Waals surface area (Å²) in [6.07, 6.45) is 0.580. The number of nitrogens with two attached hydrogens (primary N) is 1. The Morgan fingerprint density at radius 1 is 1.14 bits per heavy atom. The summed E-state index contributed by atoms with van der Waals surface area (Å²) < 4.78 is 20.2. The molecule has 0 saturated heterocycles. The molecule has 0 spiro atoms. The maximum atomic E-state index is 13.7. The summed E-state index contributed by atoms with van der Waals surface area (Å²) in [5, 5.41) is 0.908. The van der Waals surface area contributed by atoms with Gasteiger partial charge in [-0.3, -0.25) is 0 Å². The lowest BCUT2D eigenvalue weighted by Crippen LogP contribution is -2.06. The summed E-state index contributed by atoms with van der Waals surface area (Å²) in [5.74, 6) is 0.162. The first kappa shape index (κ1) is 16.6. The molecule has 6 heteroatoms. The summed E-state index contributed by atoms with van der Waals surface area (Å²) in [4.78, 5) is 0. The van der Waals surface area contributed by atoms with Crippen molar-refractivity contribution in [2.75, 3.05) is 6.54 Å². The van der Waals surface area contributed by atoms with Crippen LogP contribution in [0.15, 0.2) is 34.8 Å². The van der Waals surface area contributed by atoms with E-state index in [-0.39, 0.29) is 12.4 Å². The molecule has 2 nitrogen and oxygen atoms in total. The first-order valence-corrected chi connectivity index (χ1v) is 7.81. The van der Waals surface area contributed by atoms with Gasteiger partial charge in [-0.1, -0.05) is 39.1 Å². The molecular weight excluding hydrogens is 380 g/mol. The van der Waals surface area contributed by atoms with Crippen LogP contribution in [0.3, 0.4) is 0 Å². The van der Waals surface area contributed by atoms with Crippen molar-refractivity contribution < 1.29 is 9.13 Å². The van der Waals surface area contributed by atoms with Crippen molar-refractivity contribution in [3.8, 4) is 5.75 Å². The average molecular weight is 393 g/mol. The summed E-state index contributed by atoms with van der Waals surface area (Å²) >= 11 is 15.4. The van der Waals surface area contributed by atoms with Crippen LogP contribution in [0.25, 0.3) is 0 Å². The first-order chi connectivity index (χ1) is 10.0. The van der Waals surface area contributed by atoms with Crippen LogP contribution in [-0.2, 0) is 13.0 Å². The molecule has 0 radical (unpaired) electrons. The molecule has 0 unspecified atom stereocenters. The lowest BCUT2D eigenvalue weighted by molar-refractivity contribution is 0.297. The molecule has 0 aromatic heterocycles. The van der Waals surface area contributed by atoms with Gasteiger partial charge in [-0.25, -0.2) is 4.39 Å². The monoisotopic (exact) mass is 391 g/mol. The molecule has 0 saturated carbocycles. The molecule has 0 aliphatic carbocycles. The molecule has 0 amide bonds. The standard InChI is InChI=1S/C15H13BrCl2FNO/c16-11-1-2-14(19)10(5-11)8-21-15-9(3-4-20)6-12(17)7-13(15)18/h1-2,5-7H,3-4,8,20H2. The second-order valence-corrected chi connectivity index (χ2v) is 6.20. The Bertz CT molecular complexity index is 652. The lowest BCUT2D eigenvalue weighted by Gasteiger charge is -2.14. The molecule has 0 atom stereocenters. The fraction of sp³-hybridized carbons (Fsp3) is 0.200. The van der Waals surface area contributed by atoms with Crippen LogP contribution >= 0.6 is 39.1 Å². The van der Waals surface area contributed by atoms with E-state index < -0.39 is 0 Å². The van der Waals surface area contributed by atoms with Gasteiger partial charge in [-0.05, 0) is 48.9 Å². The van der Waals surface area contributed by atoms with Gasteiger partial charge in [-0.15, -0.1) is 0 Å². The highest BCUT2D eigenvalue weighted by Crippen LogP contribution is 2.33. The third-order valence-corrected chi connectivity index (χ3v) is 3.87. The maximum Gasteiger partial charge on any atom is 0.141 e. The molecule has 0 fully saturated rings. The summed E-state index contributed by atoms with van der Waals surface area (Å²) in [6.45, 7) is 0.516. The van der Waals surface area contributed by atoms with Crippen molar-refractivity contribution in [3.05, 3.63) is 61.8 Å². The van der Waals surface area contributed by atoms with E-state index in [1.54, 1.807) is 24.3 Å². The normalized spacial score (nSPS) is 10.7. The predicted octanol–water partition coefficient (Wildman–Crippen LogP) is 4.98. The molecule has 0 aliphatic rings. The smallest absolute Gasteiger partial charge is 0.141 e. The Labute approximate surface area is 141 Å². The first-order valence-electron chi connectivity index (χ1n) is 6.26. The SMILES string of the molecule is NCCc1cc(Cl)cc(Cl)c1OCc1cc(Br)ccc1F. The maximum absolute atomic E-state index is 13.7. The zero-order valence-corrected chi connectivity index (χ0v) is 14.1. The van der Waals surface area contributed by atoms with Crippen LogP contribution in [-0.4, -0.2) is 6.54 Å². The van der Waals surface area contributed by atoms with E-state index in [0.717, 1.165) is 10.0 Å². The highest BCUT2D eigenvalue weighted by molar-refractivity contribution is 9.10. The number of hydrogen-bond acceptors (Lipinski definition) is 2. The van der Waals surface area contributed by atoms with Crippen LogP contribution in [0.5, 0.6) is 5.75 Å². The number of halogens is 4. The van der Waals surface area contributed by atoms with Gasteiger partial charge >= 0.3 is 0 Å². The molecule has 2 aromatic carbocycles. The minimum Gasteiger partial charge on any atom is -0.487 e. The van der Waals surface area contributed by atoms with Crippen LogP contribution in [0.4, 0.5) is 4.39 Å². The lowest BCUT2D eigenvalue weighted by atomic mass is 10.1. The largest absolute Gasteiger partial charge is 0.487 e. The van der Waals surface area contributed by atoms with Gasteiger partial charge in [0, 0.05) is 15.1 Å². The Kier molecular flexibility index (Phi) is 5.88. The van der Waals surface area contributed by atoms with Crippen LogP contribution in [0.1, 0.15) is 11.1 Å². The fourth-order valence-corrected chi connectivity index (χ4v) is 2.92. The van der Waals surface area contributed by atoms with Gasteiger partial charge < -0.3 is 10.5 Å². The van der Waals surface area contributed by atoms with Crippen molar-refractivity contribution in [2.45, 2.75) is 13.0 Å². The van der Waals surface area contributed by atoms with Crippen molar-refractivity contribution in [2.24, 2.45) is 5.73 Å². The predicted molar refractivity (Wildman–Crippen MR) is 87.7 cm³/mol. The van der Waals surface area contributed by atoms with Crippen LogP contribution in [0, 0.1) is 5.82 Å². The Morgan fingerprint density at radius 2 is 1.90 bits per heavy atom. The van der Waals surface area contributed by atoms with E-state index in [0.29, 0.717) is 34.3 Å². The second-order valence-electron chi connectivity index (χ2n) is 4.44. The highest BCUT2D eigenvalue weighted by Gasteiger charge is 2.12. The number of rotatable bonds is 5. The number of hydrogen-bond donors (Lipinski definition) is 1. The fourth-order valence-electron chi connectivity index (χ4n) is 1.92. The van der Waals surface area contributed by atoms with E-state index in [1.807, 2.05) is 0 Å². The number of benzene rings is 2. The minimum absolute atomic E-state index is 0.0736. The molecular formula is C15H13BrCl2FNO. The molecule has 2 N–H and O–H groups in total. The molecule has 21 heavy (non-hydrogen) atoms. The van der Waals surface area contributed by atoms with E-state index >= 15 is 0 Å². The van der Waals surface area contributed by atoms with Gasteiger partial charge in [0.1, 0.15) is 18.2 Å². The average Bonchev–Trinajstić information content (AvgIpc) is 2.41. The zero-order chi connectivity index (χ0) is 15.4. The second kappa shape index (κ2) is 7.45. The Hall–Kier alpha value is -0.810. The minimum atomic E-state index is -0.330. The van der Waals surface area contributed by atoms with Crippen molar-refractivity contribution in [1.29, 1.82) is 0 Å². The topological polar surface area (TPSA) is 35.2 Å². The van der Waals surface area contributed by atoms with Gasteiger partial charge in [-0.2, -0.15) is 0 Å². The molecule has 2 aromatic rings. The Balaban J connectivity index is 2.25. The summed E-state index contributed by atoms with van der Waals surface area (Å²) in [7, 11) is 0. The molecule has 2 rings (SSSR count). The van der Waals surface area contributed by atoms with Crippen molar-refractivity contribution in [3.63, 3.8) is 0 Å². The zero-order valence-electron chi connectivity index (χ0n) is 11.0. The molecule has 0 heterocycles. The van der Waals surface area contributed by atoms with Gasteiger partial charge in [0.05, 0.1) is 5.02 Å². The highest BCUT2D eigenvalue weighted by atomic mass is 79.9. The van der Waals surface area contributed by atoms with Crippen molar-refractivity contribution in [1.82, 2.24) is 0 Å². The van der Waals surface area contributed by atoms with Gasteiger partial charge in [0.2, 0.25) is 0 Å². The molecule has 0 bridgehead atoms. The van der Waals surface area contributed by atoms with Gasteiger partial charge in [0.15, 0.2) is 0 Å². The Morgan fingerprint density at radius 3 is 2.62 bits per heavy atom. The number of ether oxygens (including phenoxy) is 1. The van der Waals surface area contributed by atoms with Crippen LogP contribution in [0.2, 0.25) is 10.0 Å². The van der Waals surface area contributed by atoms with E-state index in [2.05, 4.69) is 15.9 Å². The van der Waals surface area contributed by atoms with E-state index in [9.17, 15) is 4.39 Å². The summed E-state index contributed by atoms with van der Waals surface area (Å²) in [5.41, 5.74) is 6.82. The van der Waals surface area contributed by atoms with E-state index in [4.69, 9.17) is 33.7 Å². The quantitative estimate of drug-likeness (QED) is 0.779. The van der Waals surface area contributed by atoms with Crippen LogP contribution < -0.4 is 10.5 Å². The third kappa shape index (κ3) is 4.33. The third-order valence-electron chi connectivity index (χ3n) is 2.88. The van der Waals surface area contributed by atoms with E-state index in [1.165, 1.54) is 6.07 Å².